The van der Waals surface area contributed by atoms with Gasteiger partial charge in [-0.1, -0.05) is 0 Å². The molecule has 0 saturated heterocycles. The summed E-state index contributed by atoms with van der Waals surface area (Å²) in [5, 5.41) is 10.8. The number of nitrogens with one attached hydrogen (secondary N) is 1. The fourth-order valence-corrected chi connectivity index (χ4v) is 2.66. The highest BCUT2D eigenvalue weighted by molar-refractivity contribution is 6.05. The number of aryl methyl sites for hydroxylation is 1. The highest BCUT2D eigenvalue weighted by Gasteiger charge is 2.17. The molecule has 0 unspecified atom stereocenters. The standard InChI is InChI=1S/C19H20N4O4/c1-23-11-20-22-18(23)12-5-7-14(8-6-12)21-19(24)13-9-15(25-2)17(27-4)16(10-13)26-3/h5-11H,1-4H3,(H,21,24). The van der Waals surface area contributed by atoms with E-state index in [0.29, 0.717) is 28.5 Å². The third-order valence-corrected chi connectivity index (χ3v) is 4.04. The summed E-state index contributed by atoms with van der Waals surface area (Å²) in [7, 11) is 6.39. The smallest absolute Gasteiger partial charge is 0.255 e. The molecule has 0 atom stereocenters. The molecule has 3 aromatic rings. The minimum Gasteiger partial charge on any atom is -0.493 e. The minimum atomic E-state index is -0.291. The molecule has 140 valence electrons. The van der Waals surface area contributed by atoms with Crippen molar-refractivity contribution >= 4 is 11.6 Å². The molecule has 0 fully saturated rings. The largest absolute Gasteiger partial charge is 0.493 e. The number of carbonyl (C=O) groups excluding carboxylic acids is 1. The number of carbonyl (C=O) groups is 1. The molecule has 27 heavy (non-hydrogen) atoms. The van der Waals surface area contributed by atoms with Crippen molar-refractivity contribution in [2.45, 2.75) is 0 Å². The molecule has 8 heteroatoms. The zero-order chi connectivity index (χ0) is 19.4. The number of hydrogen-bond donors (Lipinski definition) is 1. The Morgan fingerprint density at radius 3 is 2.11 bits per heavy atom. The van der Waals surface area contributed by atoms with Crippen molar-refractivity contribution in [3.63, 3.8) is 0 Å². The van der Waals surface area contributed by atoms with Crippen LogP contribution in [-0.4, -0.2) is 42.0 Å². The van der Waals surface area contributed by atoms with Gasteiger partial charge in [0.2, 0.25) is 5.75 Å². The number of rotatable bonds is 6. The van der Waals surface area contributed by atoms with Gasteiger partial charge in [0.25, 0.3) is 5.91 Å². The van der Waals surface area contributed by atoms with Crippen LogP contribution in [0.1, 0.15) is 10.4 Å². The zero-order valence-electron chi connectivity index (χ0n) is 15.5. The molecule has 0 spiro atoms. The summed E-state index contributed by atoms with van der Waals surface area (Å²) in [4.78, 5) is 12.6. The Bertz CT molecular complexity index is 926. The van der Waals surface area contributed by atoms with E-state index in [9.17, 15) is 4.79 Å². The van der Waals surface area contributed by atoms with Gasteiger partial charge in [-0.3, -0.25) is 4.79 Å². The Balaban J connectivity index is 1.82. The van der Waals surface area contributed by atoms with Gasteiger partial charge < -0.3 is 24.1 Å². The van der Waals surface area contributed by atoms with Crippen LogP contribution >= 0.6 is 0 Å². The second-order valence-corrected chi connectivity index (χ2v) is 5.71. The maximum atomic E-state index is 12.6. The number of methoxy groups -OCH3 is 3. The summed E-state index contributed by atoms with van der Waals surface area (Å²) in [6.07, 6.45) is 1.63. The van der Waals surface area contributed by atoms with Gasteiger partial charge >= 0.3 is 0 Å². The predicted molar refractivity (Wildman–Crippen MR) is 100 cm³/mol. The average Bonchev–Trinajstić information content (AvgIpc) is 3.13. The van der Waals surface area contributed by atoms with Gasteiger partial charge in [-0.15, -0.1) is 10.2 Å². The van der Waals surface area contributed by atoms with Gasteiger partial charge in [-0.05, 0) is 36.4 Å². The lowest BCUT2D eigenvalue weighted by Gasteiger charge is -2.14. The van der Waals surface area contributed by atoms with Gasteiger partial charge in [0.1, 0.15) is 6.33 Å². The number of nitrogens with zero attached hydrogens (tertiary/aromatic N) is 3. The Labute approximate surface area is 156 Å². The molecular weight excluding hydrogens is 348 g/mol. The van der Waals surface area contributed by atoms with Crippen molar-refractivity contribution in [3.05, 3.63) is 48.3 Å². The highest BCUT2D eigenvalue weighted by Crippen LogP contribution is 2.38. The number of benzene rings is 2. The maximum Gasteiger partial charge on any atom is 0.255 e. The number of aromatic nitrogens is 3. The van der Waals surface area contributed by atoms with Crippen molar-refractivity contribution in [2.75, 3.05) is 26.6 Å². The van der Waals surface area contributed by atoms with E-state index in [4.69, 9.17) is 14.2 Å². The molecular formula is C19H20N4O4. The van der Waals surface area contributed by atoms with Gasteiger partial charge in [-0.2, -0.15) is 0 Å². The molecule has 1 N–H and O–H groups in total. The van der Waals surface area contributed by atoms with E-state index in [2.05, 4.69) is 15.5 Å². The van der Waals surface area contributed by atoms with Gasteiger partial charge in [0.15, 0.2) is 17.3 Å². The first-order valence-corrected chi connectivity index (χ1v) is 8.13. The van der Waals surface area contributed by atoms with E-state index in [1.54, 1.807) is 30.6 Å². The Hall–Kier alpha value is -3.55. The van der Waals surface area contributed by atoms with Crippen molar-refractivity contribution in [1.82, 2.24) is 14.8 Å². The van der Waals surface area contributed by atoms with Crippen molar-refractivity contribution in [1.29, 1.82) is 0 Å². The van der Waals surface area contributed by atoms with E-state index in [1.165, 1.54) is 21.3 Å². The molecule has 8 nitrogen and oxygen atoms in total. The predicted octanol–water partition coefficient (Wildman–Crippen LogP) is 2.76. The summed E-state index contributed by atoms with van der Waals surface area (Å²) in [6.45, 7) is 0. The molecule has 1 heterocycles. The molecule has 3 rings (SSSR count). The zero-order valence-corrected chi connectivity index (χ0v) is 15.5. The van der Waals surface area contributed by atoms with Crippen molar-refractivity contribution in [3.8, 4) is 28.6 Å². The molecule has 1 amide bonds. The van der Waals surface area contributed by atoms with Crippen LogP contribution in [0.25, 0.3) is 11.4 Å². The summed E-state index contributed by atoms with van der Waals surface area (Å²) >= 11 is 0. The fraction of sp³-hybridized carbons (Fsp3) is 0.211. The number of hydrogen-bond acceptors (Lipinski definition) is 6. The second-order valence-electron chi connectivity index (χ2n) is 5.71. The summed E-state index contributed by atoms with van der Waals surface area (Å²) in [5.74, 6) is 1.72. The topological polar surface area (TPSA) is 87.5 Å². The molecule has 0 aliphatic heterocycles. The quantitative estimate of drug-likeness (QED) is 0.720. The average molecular weight is 368 g/mol. The summed E-state index contributed by atoms with van der Waals surface area (Å²) in [5.41, 5.74) is 1.95. The Morgan fingerprint density at radius 1 is 1.00 bits per heavy atom. The highest BCUT2D eigenvalue weighted by atomic mass is 16.5. The van der Waals surface area contributed by atoms with Crippen molar-refractivity contribution in [2.24, 2.45) is 7.05 Å². The first-order valence-electron chi connectivity index (χ1n) is 8.13. The van der Waals surface area contributed by atoms with Crippen LogP contribution in [0, 0.1) is 0 Å². The molecule has 0 bridgehead atoms. The van der Waals surface area contributed by atoms with Crippen LogP contribution in [0.5, 0.6) is 17.2 Å². The van der Waals surface area contributed by atoms with E-state index in [0.717, 1.165) is 11.4 Å². The van der Waals surface area contributed by atoms with Gasteiger partial charge in [-0.25, -0.2) is 0 Å². The molecule has 1 aromatic heterocycles. The first kappa shape index (κ1) is 18.2. The van der Waals surface area contributed by atoms with Crippen molar-refractivity contribution < 1.29 is 19.0 Å². The third-order valence-electron chi connectivity index (χ3n) is 4.04. The first-order chi connectivity index (χ1) is 13.1. The SMILES string of the molecule is COc1cc(C(=O)Nc2ccc(-c3nncn3C)cc2)cc(OC)c1OC. The van der Waals surface area contributed by atoms with E-state index < -0.39 is 0 Å². The fourth-order valence-electron chi connectivity index (χ4n) is 2.66. The van der Waals surface area contributed by atoms with Gasteiger partial charge in [0, 0.05) is 23.9 Å². The van der Waals surface area contributed by atoms with Crippen LogP contribution < -0.4 is 19.5 Å². The van der Waals surface area contributed by atoms with Crippen LogP contribution in [0.2, 0.25) is 0 Å². The molecule has 2 aromatic carbocycles. The van der Waals surface area contributed by atoms with Crippen LogP contribution in [-0.2, 0) is 7.05 Å². The van der Waals surface area contributed by atoms with E-state index in [1.807, 2.05) is 23.7 Å². The second kappa shape index (κ2) is 7.77. The Kier molecular flexibility index (Phi) is 5.25. The normalized spacial score (nSPS) is 10.4. The number of ether oxygens (including phenoxy) is 3. The lowest BCUT2D eigenvalue weighted by Crippen LogP contribution is -2.12. The van der Waals surface area contributed by atoms with E-state index >= 15 is 0 Å². The minimum absolute atomic E-state index is 0.291. The monoisotopic (exact) mass is 368 g/mol. The molecule has 0 radical (unpaired) electrons. The molecule has 0 saturated carbocycles. The number of amides is 1. The Morgan fingerprint density at radius 2 is 1.63 bits per heavy atom. The summed E-state index contributed by atoms with van der Waals surface area (Å²) in [6, 6.07) is 10.6. The lowest BCUT2D eigenvalue weighted by atomic mass is 10.1. The molecule has 0 aliphatic rings. The van der Waals surface area contributed by atoms with E-state index in [-0.39, 0.29) is 5.91 Å². The number of anilines is 1. The maximum absolute atomic E-state index is 12.6. The van der Waals surface area contributed by atoms with Gasteiger partial charge in [0.05, 0.1) is 21.3 Å². The van der Waals surface area contributed by atoms with Crippen LogP contribution in [0.4, 0.5) is 5.69 Å². The molecule has 0 aliphatic carbocycles. The lowest BCUT2D eigenvalue weighted by molar-refractivity contribution is 0.102. The third kappa shape index (κ3) is 3.69. The van der Waals surface area contributed by atoms with Crippen LogP contribution in [0.3, 0.4) is 0 Å². The van der Waals surface area contributed by atoms with Crippen LogP contribution in [0.15, 0.2) is 42.7 Å². The summed E-state index contributed by atoms with van der Waals surface area (Å²) < 4.78 is 17.7.